The lowest BCUT2D eigenvalue weighted by molar-refractivity contribution is -0.174. The molecule has 8 heteroatoms. The third kappa shape index (κ3) is 9.78. The van der Waals surface area contributed by atoms with Crippen molar-refractivity contribution in [3.05, 3.63) is 83.9 Å². The summed E-state index contributed by atoms with van der Waals surface area (Å²) in [5, 5.41) is 0. The minimum Gasteiger partial charge on any atom is -0.463 e. The van der Waals surface area contributed by atoms with E-state index < -0.39 is 29.2 Å². The van der Waals surface area contributed by atoms with Gasteiger partial charge in [-0.25, -0.2) is 4.79 Å². The molecule has 1 amide bonds. The summed E-state index contributed by atoms with van der Waals surface area (Å²) >= 11 is 0. The van der Waals surface area contributed by atoms with Gasteiger partial charge in [0.2, 0.25) is 0 Å². The van der Waals surface area contributed by atoms with Crippen molar-refractivity contribution in [1.29, 1.82) is 0 Å². The number of hydrogen-bond acceptors (Lipinski definition) is 7. The van der Waals surface area contributed by atoms with Gasteiger partial charge in [0.05, 0.1) is 6.61 Å². The van der Waals surface area contributed by atoms with Crippen LogP contribution in [0.5, 0.6) is 0 Å². The average Bonchev–Trinajstić information content (AvgIpc) is 2.95. The summed E-state index contributed by atoms with van der Waals surface area (Å²) in [7, 11) is 0. The third-order valence-electron chi connectivity index (χ3n) is 5.85. The summed E-state index contributed by atoms with van der Waals surface area (Å²) in [6.45, 7) is 6.27. The Morgan fingerprint density at radius 1 is 0.795 bits per heavy atom. The smallest absolute Gasteiger partial charge is 0.330 e. The fourth-order valence-electron chi connectivity index (χ4n) is 3.60. The summed E-state index contributed by atoms with van der Waals surface area (Å²) in [4.78, 5) is 53.1. The first-order valence-corrected chi connectivity index (χ1v) is 12.9. The van der Waals surface area contributed by atoms with Gasteiger partial charge >= 0.3 is 17.9 Å². The van der Waals surface area contributed by atoms with Crippen LogP contribution in [0.15, 0.2) is 72.8 Å². The zero-order valence-corrected chi connectivity index (χ0v) is 22.7. The molecule has 2 aromatic carbocycles. The Labute approximate surface area is 229 Å². The number of ether oxygens (including phenoxy) is 3. The molecule has 0 aliphatic carbocycles. The second kappa shape index (κ2) is 16.5. The van der Waals surface area contributed by atoms with Crippen LogP contribution in [0.3, 0.4) is 0 Å². The van der Waals surface area contributed by atoms with Crippen molar-refractivity contribution in [2.45, 2.75) is 46.8 Å². The fourth-order valence-corrected chi connectivity index (χ4v) is 3.60. The normalized spacial score (nSPS) is 10.7. The molecule has 0 spiro atoms. The number of rotatable bonds is 13. The highest BCUT2D eigenvalue weighted by Gasteiger charge is 2.48. The van der Waals surface area contributed by atoms with Gasteiger partial charge < -0.3 is 19.1 Å². The second-order valence-corrected chi connectivity index (χ2v) is 8.52. The lowest BCUT2D eigenvalue weighted by Gasteiger charge is -2.27. The molecule has 206 valence electrons. The Hall–Kier alpha value is -4.38. The summed E-state index contributed by atoms with van der Waals surface area (Å²) in [6, 6.07) is 18.0. The highest BCUT2D eigenvalue weighted by atomic mass is 16.6. The van der Waals surface area contributed by atoms with Gasteiger partial charge in [-0.1, -0.05) is 72.7 Å². The van der Waals surface area contributed by atoms with Gasteiger partial charge in [0, 0.05) is 25.6 Å². The Morgan fingerprint density at radius 2 is 1.31 bits per heavy atom. The van der Waals surface area contributed by atoms with E-state index in [9.17, 15) is 19.2 Å². The monoisotopic (exact) mass is 533 g/mol. The van der Waals surface area contributed by atoms with E-state index >= 15 is 0 Å². The van der Waals surface area contributed by atoms with E-state index in [0.717, 1.165) is 17.2 Å². The van der Waals surface area contributed by atoms with Crippen LogP contribution in [0, 0.1) is 17.3 Å². The molecule has 8 nitrogen and oxygen atoms in total. The highest BCUT2D eigenvalue weighted by Crippen LogP contribution is 2.32. The van der Waals surface area contributed by atoms with E-state index in [4.69, 9.17) is 14.2 Å². The number of allylic oxidation sites excluding steroid dienone is 1. The maximum atomic E-state index is 13.6. The zero-order chi connectivity index (χ0) is 28.5. The van der Waals surface area contributed by atoms with Crippen molar-refractivity contribution in [3.63, 3.8) is 0 Å². The van der Waals surface area contributed by atoms with Crippen molar-refractivity contribution in [2.75, 3.05) is 19.7 Å². The first-order chi connectivity index (χ1) is 18.9. The van der Waals surface area contributed by atoms with Crippen molar-refractivity contribution in [2.24, 2.45) is 5.41 Å². The molecular weight excluding hydrogens is 498 g/mol. The topological polar surface area (TPSA) is 99.2 Å². The Bertz CT molecular complexity index is 1120. The lowest BCUT2D eigenvalue weighted by Crippen LogP contribution is -2.41. The molecule has 0 unspecified atom stereocenters. The van der Waals surface area contributed by atoms with Crippen molar-refractivity contribution in [3.8, 4) is 11.8 Å². The molecule has 0 fully saturated rings. The van der Waals surface area contributed by atoms with Crippen molar-refractivity contribution in [1.82, 2.24) is 4.90 Å². The first-order valence-electron chi connectivity index (χ1n) is 12.9. The zero-order valence-electron chi connectivity index (χ0n) is 22.7. The largest absolute Gasteiger partial charge is 0.463 e. The van der Waals surface area contributed by atoms with E-state index in [1.165, 1.54) is 11.0 Å². The van der Waals surface area contributed by atoms with E-state index in [-0.39, 0.29) is 32.7 Å². The highest BCUT2D eigenvalue weighted by molar-refractivity contribution is 6.01. The SMILES string of the molecule is CCOC(=O)/C=C/CC(CC#CC(=O)N(CC)CC)(C(=O)OCc1ccccc1)C(=O)OCc1ccccc1. The van der Waals surface area contributed by atoms with Crippen LogP contribution in [0.1, 0.15) is 44.7 Å². The summed E-state index contributed by atoms with van der Waals surface area (Å²) < 4.78 is 16.0. The molecule has 2 rings (SSSR count). The van der Waals surface area contributed by atoms with E-state index in [1.54, 1.807) is 55.5 Å². The molecule has 2 aromatic rings. The van der Waals surface area contributed by atoms with Crippen LogP contribution in [0.4, 0.5) is 0 Å². The fraction of sp³-hybridized carbons (Fsp3) is 0.355. The van der Waals surface area contributed by atoms with Gasteiger partial charge in [-0.15, -0.1) is 0 Å². The van der Waals surface area contributed by atoms with Crippen LogP contribution in [0.2, 0.25) is 0 Å². The Balaban J connectivity index is 2.41. The van der Waals surface area contributed by atoms with Gasteiger partial charge in [0.25, 0.3) is 5.91 Å². The summed E-state index contributed by atoms with van der Waals surface area (Å²) in [6.07, 6.45) is 1.90. The van der Waals surface area contributed by atoms with Crippen LogP contribution < -0.4 is 0 Å². The molecule has 0 bridgehead atoms. The number of nitrogens with zero attached hydrogens (tertiary/aromatic N) is 1. The molecule has 39 heavy (non-hydrogen) atoms. The minimum atomic E-state index is -1.93. The molecule has 0 radical (unpaired) electrons. The van der Waals surface area contributed by atoms with Gasteiger partial charge in [0.1, 0.15) is 13.2 Å². The molecule has 0 heterocycles. The first kappa shape index (κ1) is 30.8. The molecule has 0 saturated heterocycles. The lowest BCUT2D eigenvalue weighted by atomic mass is 9.81. The molecule has 0 aliphatic rings. The number of esters is 3. The number of benzene rings is 2. The quantitative estimate of drug-likeness (QED) is 0.125. The molecule has 0 atom stereocenters. The predicted octanol–water partition coefficient (Wildman–Crippen LogP) is 4.23. The van der Waals surface area contributed by atoms with Crippen molar-refractivity contribution < 1.29 is 33.4 Å². The maximum Gasteiger partial charge on any atom is 0.330 e. The summed E-state index contributed by atoms with van der Waals surface area (Å²) in [5.41, 5.74) is -0.479. The number of hydrogen-bond donors (Lipinski definition) is 0. The Morgan fingerprint density at radius 3 is 1.77 bits per heavy atom. The summed E-state index contributed by atoms with van der Waals surface area (Å²) in [5.74, 6) is 2.44. The molecular formula is C31H35NO7. The van der Waals surface area contributed by atoms with Gasteiger partial charge in [-0.05, 0) is 44.2 Å². The van der Waals surface area contributed by atoms with E-state index in [0.29, 0.717) is 13.1 Å². The van der Waals surface area contributed by atoms with Gasteiger partial charge in [0.15, 0.2) is 5.41 Å². The minimum absolute atomic E-state index is 0.0826. The molecule has 0 aromatic heterocycles. The average molecular weight is 534 g/mol. The van der Waals surface area contributed by atoms with Crippen molar-refractivity contribution >= 4 is 23.8 Å². The van der Waals surface area contributed by atoms with Gasteiger partial charge in [-0.2, -0.15) is 0 Å². The van der Waals surface area contributed by atoms with Gasteiger partial charge in [-0.3, -0.25) is 14.4 Å². The standard InChI is InChI=1S/C31H35NO7/c1-4-32(5-2)27(33)19-13-21-31(22-14-20-28(34)37-6-3,29(35)38-23-25-15-9-7-10-16-25)30(36)39-24-26-17-11-8-12-18-26/h7-12,14-18,20H,4-6,21-24H2,1-3H3/b20-14+. The molecule has 0 saturated carbocycles. The number of carbonyl (C=O) groups is 4. The molecule has 0 aliphatic heterocycles. The van der Waals surface area contributed by atoms with Crippen LogP contribution in [-0.4, -0.2) is 48.4 Å². The van der Waals surface area contributed by atoms with E-state index in [2.05, 4.69) is 11.8 Å². The second-order valence-electron chi connectivity index (χ2n) is 8.52. The number of amides is 1. The number of carbonyl (C=O) groups excluding carboxylic acids is 4. The van der Waals surface area contributed by atoms with E-state index in [1.807, 2.05) is 26.0 Å². The van der Waals surface area contributed by atoms with Crippen LogP contribution in [-0.2, 0) is 46.6 Å². The Kier molecular flexibility index (Phi) is 13.0. The predicted molar refractivity (Wildman–Crippen MR) is 146 cm³/mol. The molecule has 0 N–H and O–H groups in total. The maximum absolute atomic E-state index is 13.6. The van der Waals surface area contributed by atoms with Crippen LogP contribution >= 0.6 is 0 Å². The third-order valence-corrected chi connectivity index (χ3v) is 5.85. The van der Waals surface area contributed by atoms with Crippen LogP contribution in [0.25, 0.3) is 0 Å².